The summed E-state index contributed by atoms with van der Waals surface area (Å²) >= 11 is 0. The van der Waals surface area contributed by atoms with Crippen LogP contribution >= 0.6 is 0 Å². The SMILES string of the molecule is CC(C)OC1=C(c2ccc(S(C)(=O)=O)cc2)C(C)OC1=O. The first kappa shape index (κ1) is 15.6. The van der Waals surface area contributed by atoms with Crippen LogP contribution in [-0.4, -0.2) is 32.9 Å². The highest BCUT2D eigenvalue weighted by Gasteiger charge is 2.34. The predicted octanol–water partition coefficient (Wildman–Crippen LogP) is 2.17. The van der Waals surface area contributed by atoms with E-state index in [1.807, 2.05) is 13.8 Å². The molecular formula is C15H18O5S. The molecule has 2 rings (SSSR count). The Morgan fingerprint density at radius 2 is 1.76 bits per heavy atom. The van der Waals surface area contributed by atoms with Crippen LogP contribution in [0.1, 0.15) is 26.3 Å². The van der Waals surface area contributed by atoms with E-state index in [1.165, 1.54) is 12.1 Å². The molecule has 0 radical (unpaired) electrons. The van der Waals surface area contributed by atoms with Gasteiger partial charge in [-0.3, -0.25) is 0 Å². The molecule has 6 heteroatoms. The number of carbonyl (C=O) groups is 1. The monoisotopic (exact) mass is 310 g/mol. The topological polar surface area (TPSA) is 69.7 Å². The van der Waals surface area contributed by atoms with Crippen LogP contribution in [0.3, 0.4) is 0 Å². The predicted molar refractivity (Wildman–Crippen MR) is 78.2 cm³/mol. The van der Waals surface area contributed by atoms with Crippen LogP contribution in [0, 0.1) is 0 Å². The third-order valence-electron chi connectivity index (χ3n) is 3.07. The van der Waals surface area contributed by atoms with Crippen molar-refractivity contribution in [3.63, 3.8) is 0 Å². The van der Waals surface area contributed by atoms with Crippen molar-refractivity contribution in [1.82, 2.24) is 0 Å². The molecule has 1 aliphatic heterocycles. The van der Waals surface area contributed by atoms with E-state index in [2.05, 4.69) is 0 Å². The van der Waals surface area contributed by atoms with Crippen LogP contribution in [0.5, 0.6) is 0 Å². The molecule has 0 saturated heterocycles. The molecule has 0 saturated carbocycles. The zero-order valence-corrected chi connectivity index (χ0v) is 13.2. The second-order valence-electron chi connectivity index (χ2n) is 5.25. The van der Waals surface area contributed by atoms with Gasteiger partial charge in [0.1, 0.15) is 6.10 Å². The van der Waals surface area contributed by atoms with Gasteiger partial charge >= 0.3 is 5.97 Å². The minimum Gasteiger partial charge on any atom is -0.484 e. The van der Waals surface area contributed by atoms with Crippen molar-refractivity contribution in [2.24, 2.45) is 0 Å². The third kappa shape index (κ3) is 3.26. The first-order valence-electron chi connectivity index (χ1n) is 6.62. The van der Waals surface area contributed by atoms with Crippen LogP contribution in [0.25, 0.3) is 5.57 Å². The van der Waals surface area contributed by atoms with E-state index in [9.17, 15) is 13.2 Å². The molecule has 5 nitrogen and oxygen atoms in total. The number of rotatable bonds is 4. The first-order chi connectivity index (χ1) is 9.70. The number of esters is 1. The van der Waals surface area contributed by atoms with Crippen molar-refractivity contribution in [2.45, 2.75) is 37.9 Å². The Morgan fingerprint density at radius 3 is 2.24 bits per heavy atom. The minimum absolute atomic E-state index is 0.150. The van der Waals surface area contributed by atoms with Gasteiger partial charge in [0, 0.05) is 11.8 Å². The summed E-state index contributed by atoms with van der Waals surface area (Å²) < 4.78 is 33.7. The Labute approximate surface area is 124 Å². The Kier molecular flexibility index (Phi) is 4.09. The van der Waals surface area contributed by atoms with Crippen molar-refractivity contribution in [1.29, 1.82) is 0 Å². The van der Waals surface area contributed by atoms with Crippen LogP contribution < -0.4 is 0 Å². The summed E-state index contributed by atoms with van der Waals surface area (Å²) in [5.74, 6) is -0.289. The van der Waals surface area contributed by atoms with Gasteiger partial charge in [-0.25, -0.2) is 13.2 Å². The first-order valence-corrected chi connectivity index (χ1v) is 8.51. The maximum atomic E-state index is 11.8. The molecule has 1 unspecified atom stereocenters. The van der Waals surface area contributed by atoms with Gasteiger partial charge in [0.2, 0.25) is 5.76 Å². The van der Waals surface area contributed by atoms with Crippen molar-refractivity contribution < 1.29 is 22.7 Å². The Balaban J connectivity index is 2.47. The zero-order valence-electron chi connectivity index (χ0n) is 12.4. The van der Waals surface area contributed by atoms with E-state index in [0.29, 0.717) is 5.57 Å². The van der Waals surface area contributed by atoms with Gasteiger partial charge in [-0.15, -0.1) is 0 Å². The number of ether oxygens (including phenoxy) is 2. The molecule has 0 aliphatic carbocycles. The molecule has 1 aliphatic rings. The highest BCUT2D eigenvalue weighted by molar-refractivity contribution is 7.90. The third-order valence-corrected chi connectivity index (χ3v) is 4.20. The van der Waals surface area contributed by atoms with Gasteiger partial charge in [0.25, 0.3) is 0 Å². The van der Waals surface area contributed by atoms with E-state index in [4.69, 9.17) is 9.47 Å². The molecule has 0 bridgehead atoms. The van der Waals surface area contributed by atoms with Gasteiger partial charge in [-0.2, -0.15) is 0 Å². The normalized spacial score (nSPS) is 19.1. The molecule has 0 amide bonds. The number of sulfone groups is 1. The molecular weight excluding hydrogens is 292 g/mol. The number of cyclic esters (lactones) is 1. The summed E-state index contributed by atoms with van der Waals surface area (Å²) in [5, 5.41) is 0. The molecule has 0 aromatic heterocycles. The lowest BCUT2D eigenvalue weighted by atomic mass is 10.0. The quantitative estimate of drug-likeness (QED) is 0.797. The molecule has 1 atom stereocenters. The molecule has 0 fully saturated rings. The lowest BCUT2D eigenvalue weighted by molar-refractivity contribution is -0.142. The van der Waals surface area contributed by atoms with E-state index in [-0.39, 0.29) is 16.8 Å². The van der Waals surface area contributed by atoms with Crippen LogP contribution in [-0.2, 0) is 24.1 Å². The summed E-state index contributed by atoms with van der Waals surface area (Å²) in [7, 11) is -3.25. The number of hydrogen-bond donors (Lipinski definition) is 0. The van der Waals surface area contributed by atoms with Crippen molar-refractivity contribution >= 4 is 21.4 Å². The van der Waals surface area contributed by atoms with Crippen molar-refractivity contribution in [3.8, 4) is 0 Å². The Bertz CT molecular complexity index is 683. The fourth-order valence-electron chi connectivity index (χ4n) is 2.16. The lowest BCUT2D eigenvalue weighted by Crippen LogP contribution is -2.09. The average Bonchev–Trinajstić information content (AvgIpc) is 2.63. The van der Waals surface area contributed by atoms with Gasteiger partial charge in [-0.05, 0) is 38.5 Å². The number of carbonyl (C=O) groups excluding carboxylic acids is 1. The summed E-state index contributed by atoms with van der Waals surface area (Å²) in [5.41, 5.74) is 1.37. The second kappa shape index (κ2) is 5.52. The fraction of sp³-hybridized carbons (Fsp3) is 0.400. The number of benzene rings is 1. The Hall–Kier alpha value is -1.82. The van der Waals surface area contributed by atoms with Crippen molar-refractivity contribution in [3.05, 3.63) is 35.6 Å². The summed E-state index contributed by atoms with van der Waals surface area (Å²) in [6.45, 7) is 5.41. The zero-order chi connectivity index (χ0) is 15.8. The molecule has 1 heterocycles. The van der Waals surface area contributed by atoms with E-state index in [1.54, 1.807) is 19.1 Å². The summed E-state index contributed by atoms with van der Waals surface area (Å²) in [6, 6.07) is 6.35. The highest BCUT2D eigenvalue weighted by atomic mass is 32.2. The summed E-state index contributed by atoms with van der Waals surface area (Å²) in [6.07, 6.45) is 0.581. The van der Waals surface area contributed by atoms with E-state index in [0.717, 1.165) is 11.8 Å². The lowest BCUT2D eigenvalue weighted by Gasteiger charge is -2.11. The van der Waals surface area contributed by atoms with Crippen LogP contribution in [0.2, 0.25) is 0 Å². The maximum absolute atomic E-state index is 11.8. The molecule has 114 valence electrons. The van der Waals surface area contributed by atoms with Crippen LogP contribution in [0.4, 0.5) is 0 Å². The summed E-state index contributed by atoms with van der Waals surface area (Å²) in [4.78, 5) is 12.1. The minimum atomic E-state index is -3.25. The molecule has 0 spiro atoms. The van der Waals surface area contributed by atoms with Crippen LogP contribution in [0.15, 0.2) is 34.9 Å². The van der Waals surface area contributed by atoms with E-state index < -0.39 is 21.9 Å². The highest BCUT2D eigenvalue weighted by Crippen LogP contribution is 2.33. The molecule has 0 N–H and O–H groups in total. The fourth-order valence-corrected chi connectivity index (χ4v) is 2.79. The molecule has 1 aromatic carbocycles. The van der Waals surface area contributed by atoms with Gasteiger partial charge in [-0.1, -0.05) is 12.1 Å². The van der Waals surface area contributed by atoms with Crippen molar-refractivity contribution in [2.75, 3.05) is 6.26 Å². The van der Waals surface area contributed by atoms with Gasteiger partial charge in [0.15, 0.2) is 9.84 Å². The molecule has 1 aromatic rings. The van der Waals surface area contributed by atoms with E-state index >= 15 is 0 Å². The van der Waals surface area contributed by atoms with Gasteiger partial charge in [0.05, 0.1) is 11.0 Å². The second-order valence-corrected chi connectivity index (χ2v) is 7.27. The average molecular weight is 310 g/mol. The number of hydrogen-bond acceptors (Lipinski definition) is 5. The maximum Gasteiger partial charge on any atom is 0.374 e. The molecule has 21 heavy (non-hydrogen) atoms. The largest absolute Gasteiger partial charge is 0.484 e. The van der Waals surface area contributed by atoms with Gasteiger partial charge < -0.3 is 9.47 Å². The Morgan fingerprint density at radius 1 is 1.19 bits per heavy atom. The standard InChI is InChI=1S/C15H18O5S/c1-9(2)19-14-13(10(3)20-15(14)16)11-5-7-12(8-6-11)21(4,17)18/h5-10H,1-4H3. The smallest absolute Gasteiger partial charge is 0.374 e.